The summed E-state index contributed by atoms with van der Waals surface area (Å²) < 4.78 is 2.03. The molecule has 2 nitrogen and oxygen atoms in total. The molecule has 0 spiro atoms. The second-order valence-electron chi connectivity index (χ2n) is 4.17. The van der Waals surface area contributed by atoms with Gasteiger partial charge in [-0.3, -0.25) is 4.68 Å². The van der Waals surface area contributed by atoms with Gasteiger partial charge in [0.2, 0.25) is 0 Å². The molecule has 0 fully saturated rings. The monoisotopic (exact) mass is 166 g/mol. The normalized spacial score (nSPS) is 12.0. The summed E-state index contributed by atoms with van der Waals surface area (Å²) in [6.07, 6.45) is 4.31. The highest BCUT2D eigenvalue weighted by Gasteiger charge is 2.13. The Morgan fingerprint density at radius 1 is 1.42 bits per heavy atom. The van der Waals surface area contributed by atoms with E-state index in [2.05, 4.69) is 45.1 Å². The van der Waals surface area contributed by atoms with E-state index in [-0.39, 0.29) is 5.54 Å². The van der Waals surface area contributed by atoms with E-state index in [0.29, 0.717) is 0 Å². The summed E-state index contributed by atoms with van der Waals surface area (Å²) in [5, 5.41) is 4.49. The van der Waals surface area contributed by atoms with Crippen molar-refractivity contribution in [2.45, 2.75) is 46.1 Å². The fourth-order valence-corrected chi connectivity index (χ4v) is 1.12. The molecule has 0 bridgehead atoms. The SMILES string of the molecule is CCCc1ccn(C(C)(C)C)n1. The molecule has 0 amide bonds. The van der Waals surface area contributed by atoms with E-state index in [0.717, 1.165) is 6.42 Å². The Hall–Kier alpha value is -0.790. The predicted molar refractivity (Wildman–Crippen MR) is 51.2 cm³/mol. The van der Waals surface area contributed by atoms with E-state index in [4.69, 9.17) is 0 Å². The Morgan fingerprint density at radius 2 is 2.08 bits per heavy atom. The van der Waals surface area contributed by atoms with Gasteiger partial charge in [-0.15, -0.1) is 0 Å². The molecule has 0 aliphatic carbocycles. The van der Waals surface area contributed by atoms with Crippen LogP contribution in [0, 0.1) is 0 Å². The third kappa shape index (κ3) is 2.10. The lowest BCUT2D eigenvalue weighted by Crippen LogP contribution is -2.22. The standard InChI is InChI=1S/C10H18N2/c1-5-6-9-7-8-12(11-9)10(2,3)4/h7-8H,5-6H2,1-4H3. The van der Waals surface area contributed by atoms with Gasteiger partial charge in [-0.2, -0.15) is 5.10 Å². The Labute approximate surface area is 74.6 Å². The topological polar surface area (TPSA) is 17.8 Å². The van der Waals surface area contributed by atoms with E-state index < -0.39 is 0 Å². The zero-order valence-corrected chi connectivity index (χ0v) is 8.46. The summed E-state index contributed by atoms with van der Waals surface area (Å²) in [6.45, 7) is 8.66. The van der Waals surface area contributed by atoms with Crippen LogP contribution in [0.25, 0.3) is 0 Å². The molecule has 2 heteroatoms. The largest absolute Gasteiger partial charge is 0.267 e. The van der Waals surface area contributed by atoms with Crippen molar-refractivity contribution in [1.82, 2.24) is 9.78 Å². The van der Waals surface area contributed by atoms with Crippen LogP contribution in [0.4, 0.5) is 0 Å². The van der Waals surface area contributed by atoms with E-state index in [1.165, 1.54) is 12.1 Å². The average Bonchev–Trinajstić information content (AvgIpc) is 2.35. The third-order valence-electron chi connectivity index (χ3n) is 1.84. The number of rotatable bonds is 2. The van der Waals surface area contributed by atoms with Gasteiger partial charge in [-0.1, -0.05) is 13.3 Å². The van der Waals surface area contributed by atoms with Crippen molar-refractivity contribution in [2.24, 2.45) is 0 Å². The molecule has 0 atom stereocenters. The quantitative estimate of drug-likeness (QED) is 0.660. The maximum Gasteiger partial charge on any atom is 0.0624 e. The Morgan fingerprint density at radius 3 is 2.50 bits per heavy atom. The van der Waals surface area contributed by atoms with Crippen LogP contribution in [-0.2, 0) is 12.0 Å². The minimum Gasteiger partial charge on any atom is -0.267 e. The van der Waals surface area contributed by atoms with E-state index >= 15 is 0 Å². The van der Waals surface area contributed by atoms with E-state index in [9.17, 15) is 0 Å². The van der Waals surface area contributed by atoms with Crippen molar-refractivity contribution in [2.75, 3.05) is 0 Å². The van der Waals surface area contributed by atoms with Crippen molar-refractivity contribution in [1.29, 1.82) is 0 Å². The first-order valence-corrected chi connectivity index (χ1v) is 4.59. The first kappa shape index (κ1) is 9.30. The molecule has 12 heavy (non-hydrogen) atoms. The predicted octanol–water partition coefficient (Wildman–Crippen LogP) is 2.59. The third-order valence-corrected chi connectivity index (χ3v) is 1.84. The van der Waals surface area contributed by atoms with Crippen molar-refractivity contribution >= 4 is 0 Å². The molecular weight excluding hydrogens is 148 g/mol. The highest BCUT2D eigenvalue weighted by molar-refractivity contribution is 5.00. The maximum absolute atomic E-state index is 4.49. The smallest absolute Gasteiger partial charge is 0.0624 e. The lowest BCUT2D eigenvalue weighted by Gasteiger charge is -2.18. The lowest BCUT2D eigenvalue weighted by molar-refractivity contribution is 0.353. The summed E-state index contributed by atoms with van der Waals surface area (Å²) in [5.74, 6) is 0. The summed E-state index contributed by atoms with van der Waals surface area (Å²) >= 11 is 0. The van der Waals surface area contributed by atoms with Crippen molar-refractivity contribution in [3.05, 3.63) is 18.0 Å². The number of hydrogen-bond donors (Lipinski definition) is 0. The highest BCUT2D eigenvalue weighted by Crippen LogP contribution is 2.12. The molecule has 1 aromatic heterocycles. The highest BCUT2D eigenvalue weighted by atomic mass is 15.3. The van der Waals surface area contributed by atoms with Crippen LogP contribution in [0.3, 0.4) is 0 Å². The summed E-state index contributed by atoms with van der Waals surface area (Å²) in [6, 6.07) is 2.11. The Balaban J connectivity index is 2.77. The molecule has 0 unspecified atom stereocenters. The second-order valence-corrected chi connectivity index (χ2v) is 4.17. The van der Waals surface area contributed by atoms with E-state index in [1.807, 2.05) is 4.68 Å². The first-order valence-electron chi connectivity index (χ1n) is 4.59. The van der Waals surface area contributed by atoms with Gasteiger partial charge in [-0.25, -0.2) is 0 Å². The van der Waals surface area contributed by atoms with Gasteiger partial charge in [-0.05, 0) is 33.3 Å². The minimum absolute atomic E-state index is 0.117. The average molecular weight is 166 g/mol. The van der Waals surface area contributed by atoms with Crippen LogP contribution in [0.1, 0.15) is 39.8 Å². The molecular formula is C10H18N2. The Kier molecular flexibility index (Phi) is 2.55. The number of hydrogen-bond acceptors (Lipinski definition) is 1. The fourth-order valence-electron chi connectivity index (χ4n) is 1.12. The van der Waals surface area contributed by atoms with Crippen molar-refractivity contribution in [3.8, 4) is 0 Å². The van der Waals surface area contributed by atoms with Crippen molar-refractivity contribution in [3.63, 3.8) is 0 Å². The Bertz CT molecular complexity index is 243. The first-order chi connectivity index (χ1) is 5.54. The lowest BCUT2D eigenvalue weighted by atomic mass is 10.1. The van der Waals surface area contributed by atoms with Crippen LogP contribution in [0.5, 0.6) is 0 Å². The zero-order chi connectivity index (χ0) is 9.19. The molecule has 1 rings (SSSR count). The van der Waals surface area contributed by atoms with Crippen LogP contribution in [-0.4, -0.2) is 9.78 Å². The number of aromatic nitrogens is 2. The van der Waals surface area contributed by atoms with Gasteiger partial charge < -0.3 is 0 Å². The van der Waals surface area contributed by atoms with Gasteiger partial charge in [0.1, 0.15) is 0 Å². The zero-order valence-electron chi connectivity index (χ0n) is 8.46. The maximum atomic E-state index is 4.49. The molecule has 68 valence electrons. The van der Waals surface area contributed by atoms with Crippen molar-refractivity contribution < 1.29 is 0 Å². The summed E-state index contributed by atoms with van der Waals surface area (Å²) in [7, 11) is 0. The summed E-state index contributed by atoms with van der Waals surface area (Å²) in [4.78, 5) is 0. The van der Waals surface area contributed by atoms with Crippen LogP contribution >= 0.6 is 0 Å². The molecule has 0 aliphatic heterocycles. The molecule has 0 saturated carbocycles. The van der Waals surface area contributed by atoms with Gasteiger partial charge in [0, 0.05) is 6.20 Å². The van der Waals surface area contributed by atoms with E-state index in [1.54, 1.807) is 0 Å². The minimum atomic E-state index is 0.117. The molecule has 1 heterocycles. The molecule has 0 saturated heterocycles. The van der Waals surface area contributed by atoms with Crippen LogP contribution in [0.2, 0.25) is 0 Å². The molecule has 0 aliphatic rings. The summed E-state index contributed by atoms with van der Waals surface area (Å²) in [5.41, 5.74) is 1.32. The van der Waals surface area contributed by atoms with Gasteiger partial charge >= 0.3 is 0 Å². The number of aryl methyl sites for hydroxylation is 1. The van der Waals surface area contributed by atoms with Gasteiger partial charge in [0.25, 0.3) is 0 Å². The van der Waals surface area contributed by atoms with Crippen LogP contribution < -0.4 is 0 Å². The molecule has 1 aromatic rings. The van der Waals surface area contributed by atoms with Crippen LogP contribution in [0.15, 0.2) is 12.3 Å². The molecule has 0 aromatic carbocycles. The second kappa shape index (κ2) is 3.30. The van der Waals surface area contributed by atoms with Gasteiger partial charge in [0.15, 0.2) is 0 Å². The number of nitrogens with zero attached hydrogens (tertiary/aromatic N) is 2. The fraction of sp³-hybridized carbons (Fsp3) is 0.700. The van der Waals surface area contributed by atoms with Gasteiger partial charge in [0.05, 0.1) is 11.2 Å². The molecule has 0 radical (unpaired) electrons. The molecule has 0 N–H and O–H groups in total.